The number of aliphatic carboxylic acids is 1. The predicted molar refractivity (Wildman–Crippen MR) is 52.3 cm³/mol. The van der Waals surface area contributed by atoms with Crippen molar-refractivity contribution in [1.29, 1.82) is 0 Å². The van der Waals surface area contributed by atoms with Crippen molar-refractivity contribution in [1.82, 2.24) is 5.32 Å². The Morgan fingerprint density at radius 3 is 2.69 bits per heavy atom. The molecule has 0 aliphatic carbocycles. The Bertz CT molecular complexity index is 384. The lowest BCUT2D eigenvalue weighted by atomic mass is 10.3. The van der Waals surface area contributed by atoms with Crippen LogP contribution in [0.25, 0.3) is 0 Å². The smallest absolute Gasteiger partial charge is 0.324 e. The van der Waals surface area contributed by atoms with E-state index < -0.39 is 23.6 Å². The van der Waals surface area contributed by atoms with Gasteiger partial charge in [-0.15, -0.1) is 0 Å². The highest BCUT2D eigenvalue weighted by Gasteiger charge is 2.15. The van der Waals surface area contributed by atoms with E-state index >= 15 is 0 Å². The minimum Gasteiger partial charge on any atom is -0.491 e. The molecule has 0 aliphatic heterocycles. The molecule has 1 unspecified atom stereocenters. The third-order valence-corrected chi connectivity index (χ3v) is 1.95. The standard InChI is InChI=1S/C10H11F2NO3/c1-13-9(10(14)15)5-16-6-2-3-7(11)8(12)4-6/h2-4,9,13H,5H2,1H3,(H,14,15). The van der Waals surface area contributed by atoms with Gasteiger partial charge < -0.3 is 15.2 Å². The second kappa shape index (κ2) is 5.41. The minimum atomic E-state index is -1.08. The van der Waals surface area contributed by atoms with Crippen molar-refractivity contribution in [3.8, 4) is 5.75 Å². The molecule has 16 heavy (non-hydrogen) atoms. The summed E-state index contributed by atoms with van der Waals surface area (Å²) in [5, 5.41) is 11.2. The lowest BCUT2D eigenvalue weighted by molar-refractivity contribution is -0.140. The van der Waals surface area contributed by atoms with Gasteiger partial charge in [0.15, 0.2) is 11.6 Å². The molecule has 4 nitrogen and oxygen atoms in total. The molecule has 0 aliphatic rings. The number of ether oxygens (including phenoxy) is 1. The first-order valence-electron chi connectivity index (χ1n) is 4.52. The molecule has 0 saturated heterocycles. The van der Waals surface area contributed by atoms with Gasteiger partial charge in [0.25, 0.3) is 0 Å². The van der Waals surface area contributed by atoms with Crippen molar-refractivity contribution >= 4 is 5.97 Å². The fourth-order valence-corrected chi connectivity index (χ4v) is 1.02. The van der Waals surface area contributed by atoms with Crippen LogP contribution in [0, 0.1) is 11.6 Å². The highest BCUT2D eigenvalue weighted by Crippen LogP contribution is 2.15. The molecule has 0 fully saturated rings. The molecule has 1 atom stereocenters. The Morgan fingerprint density at radius 1 is 1.50 bits per heavy atom. The summed E-state index contributed by atoms with van der Waals surface area (Å²) in [4.78, 5) is 10.6. The van der Waals surface area contributed by atoms with Gasteiger partial charge in [-0.2, -0.15) is 0 Å². The molecule has 0 radical (unpaired) electrons. The van der Waals surface area contributed by atoms with Crippen molar-refractivity contribution in [2.45, 2.75) is 6.04 Å². The predicted octanol–water partition coefficient (Wildman–Crippen LogP) is 1.02. The molecule has 0 saturated carbocycles. The number of hydrogen-bond donors (Lipinski definition) is 2. The number of benzene rings is 1. The molecule has 6 heteroatoms. The fraction of sp³-hybridized carbons (Fsp3) is 0.300. The summed E-state index contributed by atoms with van der Waals surface area (Å²) in [7, 11) is 1.47. The maximum Gasteiger partial charge on any atom is 0.324 e. The first-order chi connectivity index (χ1) is 7.54. The lowest BCUT2D eigenvalue weighted by Gasteiger charge is -2.12. The van der Waals surface area contributed by atoms with Gasteiger partial charge >= 0.3 is 5.97 Å². The number of hydrogen-bond acceptors (Lipinski definition) is 3. The monoisotopic (exact) mass is 231 g/mol. The number of nitrogens with one attached hydrogen (secondary N) is 1. The van der Waals surface area contributed by atoms with Gasteiger partial charge in [-0.3, -0.25) is 4.79 Å². The molecular formula is C10H11F2NO3. The molecule has 1 aromatic carbocycles. The summed E-state index contributed by atoms with van der Waals surface area (Å²) in [6.07, 6.45) is 0. The first-order valence-corrected chi connectivity index (χ1v) is 4.52. The Kier molecular flexibility index (Phi) is 4.19. The van der Waals surface area contributed by atoms with E-state index in [2.05, 4.69) is 5.32 Å². The van der Waals surface area contributed by atoms with E-state index in [0.717, 1.165) is 12.1 Å². The van der Waals surface area contributed by atoms with Crippen LogP contribution in [0.5, 0.6) is 5.75 Å². The van der Waals surface area contributed by atoms with Crippen LogP contribution in [-0.2, 0) is 4.79 Å². The van der Waals surface area contributed by atoms with Crippen LogP contribution < -0.4 is 10.1 Å². The van der Waals surface area contributed by atoms with Gasteiger partial charge in [-0.1, -0.05) is 0 Å². The highest BCUT2D eigenvalue weighted by molar-refractivity contribution is 5.73. The van der Waals surface area contributed by atoms with E-state index in [1.165, 1.54) is 13.1 Å². The second-order valence-corrected chi connectivity index (χ2v) is 3.07. The van der Waals surface area contributed by atoms with E-state index in [4.69, 9.17) is 9.84 Å². The van der Waals surface area contributed by atoms with Gasteiger partial charge in [-0.05, 0) is 19.2 Å². The molecule has 0 aromatic heterocycles. The Hall–Kier alpha value is -1.69. The van der Waals surface area contributed by atoms with Gasteiger partial charge in [-0.25, -0.2) is 8.78 Å². The van der Waals surface area contributed by atoms with Crippen molar-refractivity contribution in [3.05, 3.63) is 29.8 Å². The van der Waals surface area contributed by atoms with E-state index in [-0.39, 0.29) is 12.4 Å². The van der Waals surface area contributed by atoms with Gasteiger partial charge in [0.2, 0.25) is 0 Å². The molecule has 88 valence electrons. The van der Waals surface area contributed by atoms with E-state index in [1.807, 2.05) is 0 Å². The zero-order valence-corrected chi connectivity index (χ0v) is 8.54. The second-order valence-electron chi connectivity index (χ2n) is 3.07. The summed E-state index contributed by atoms with van der Waals surface area (Å²) < 4.78 is 30.3. The van der Waals surface area contributed by atoms with E-state index in [9.17, 15) is 13.6 Å². The third kappa shape index (κ3) is 3.16. The summed E-state index contributed by atoms with van der Waals surface area (Å²) >= 11 is 0. The zero-order valence-electron chi connectivity index (χ0n) is 8.54. The highest BCUT2D eigenvalue weighted by atomic mass is 19.2. The zero-order chi connectivity index (χ0) is 12.1. The van der Waals surface area contributed by atoms with Crippen LogP contribution in [0.15, 0.2) is 18.2 Å². The van der Waals surface area contributed by atoms with Crippen LogP contribution >= 0.6 is 0 Å². The summed E-state index contributed by atoms with van der Waals surface area (Å²) in [5.41, 5.74) is 0. The number of likely N-dealkylation sites (N-methyl/N-ethyl adjacent to an activating group) is 1. The molecule has 0 bridgehead atoms. The van der Waals surface area contributed by atoms with Gasteiger partial charge in [0.1, 0.15) is 18.4 Å². The van der Waals surface area contributed by atoms with Crippen molar-refractivity contribution in [2.24, 2.45) is 0 Å². The maximum atomic E-state index is 12.8. The first kappa shape index (κ1) is 12.4. The van der Waals surface area contributed by atoms with Crippen LogP contribution in [0.3, 0.4) is 0 Å². The summed E-state index contributed by atoms with van der Waals surface area (Å²) in [6, 6.07) is 2.12. The third-order valence-electron chi connectivity index (χ3n) is 1.95. The van der Waals surface area contributed by atoms with E-state index in [0.29, 0.717) is 0 Å². The molecule has 1 aromatic rings. The number of carboxylic acids is 1. The topological polar surface area (TPSA) is 58.6 Å². The van der Waals surface area contributed by atoms with Gasteiger partial charge in [0.05, 0.1) is 0 Å². The fourth-order valence-electron chi connectivity index (χ4n) is 1.02. The maximum absolute atomic E-state index is 12.8. The number of carboxylic acid groups (broad SMARTS) is 1. The molecule has 0 heterocycles. The summed E-state index contributed by atoms with van der Waals surface area (Å²) in [6.45, 7) is -0.170. The van der Waals surface area contributed by atoms with Crippen LogP contribution in [-0.4, -0.2) is 30.8 Å². The average molecular weight is 231 g/mol. The Labute approximate surface area is 90.8 Å². The minimum absolute atomic E-state index is 0.0837. The van der Waals surface area contributed by atoms with E-state index in [1.54, 1.807) is 0 Å². The van der Waals surface area contributed by atoms with Crippen molar-refractivity contribution < 1.29 is 23.4 Å². The molecule has 0 spiro atoms. The SMILES string of the molecule is CNC(COc1ccc(F)c(F)c1)C(=O)O. The largest absolute Gasteiger partial charge is 0.491 e. The van der Waals surface area contributed by atoms with Crippen molar-refractivity contribution in [2.75, 3.05) is 13.7 Å². The summed E-state index contributed by atoms with van der Waals surface area (Å²) in [5.74, 6) is -3.00. The molecular weight excluding hydrogens is 220 g/mol. The van der Waals surface area contributed by atoms with Crippen molar-refractivity contribution in [3.63, 3.8) is 0 Å². The molecule has 1 rings (SSSR count). The number of rotatable bonds is 5. The number of halogens is 2. The molecule has 0 amide bonds. The Morgan fingerprint density at radius 2 is 2.19 bits per heavy atom. The Balaban J connectivity index is 2.60. The van der Waals surface area contributed by atoms with Crippen LogP contribution in [0.2, 0.25) is 0 Å². The van der Waals surface area contributed by atoms with Crippen LogP contribution in [0.1, 0.15) is 0 Å². The average Bonchev–Trinajstić information content (AvgIpc) is 2.23. The quantitative estimate of drug-likeness (QED) is 0.794. The normalized spacial score (nSPS) is 12.2. The number of carbonyl (C=O) groups is 1. The lowest BCUT2D eigenvalue weighted by Crippen LogP contribution is -2.39. The van der Waals surface area contributed by atoms with Crippen LogP contribution in [0.4, 0.5) is 8.78 Å². The van der Waals surface area contributed by atoms with Gasteiger partial charge in [0, 0.05) is 6.07 Å². The molecule has 2 N–H and O–H groups in total.